The molecule has 0 N–H and O–H groups in total. The third kappa shape index (κ3) is 4.83. The Hall–Kier alpha value is -7.10. The number of hydrogen-bond acceptors (Lipinski definition) is 3. The van der Waals surface area contributed by atoms with E-state index in [1.165, 1.54) is 33.2 Å². The summed E-state index contributed by atoms with van der Waals surface area (Å²) < 4.78 is 6.64. The zero-order valence-electron chi connectivity index (χ0n) is 30.2. The predicted molar refractivity (Wildman–Crippen MR) is 226 cm³/mol. The molecule has 0 saturated carbocycles. The molecule has 55 heavy (non-hydrogen) atoms. The molecule has 1 aliphatic rings. The SMILES string of the molecule is CC1(c2ccccc2)c2ccccc2-c2c(-c3cc(-c4cccc(-c5c6ccccc6cc6c5oc5ccccc56)c4)nc(-c4ccccc4)n3)cccc21. The number of hydrogen-bond donors (Lipinski definition) is 0. The van der Waals surface area contributed by atoms with Gasteiger partial charge in [-0.2, -0.15) is 0 Å². The van der Waals surface area contributed by atoms with Crippen LogP contribution < -0.4 is 0 Å². The maximum absolute atomic E-state index is 6.64. The van der Waals surface area contributed by atoms with Crippen molar-refractivity contribution in [2.45, 2.75) is 12.3 Å². The Kier molecular flexibility index (Phi) is 6.99. The molecule has 1 aliphatic carbocycles. The minimum Gasteiger partial charge on any atom is -0.455 e. The van der Waals surface area contributed by atoms with Gasteiger partial charge in [0.2, 0.25) is 0 Å². The molecule has 0 bridgehead atoms. The summed E-state index contributed by atoms with van der Waals surface area (Å²) in [4.78, 5) is 10.6. The number of furan rings is 1. The highest BCUT2D eigenvalue weighted by molar-refractivity contribution is 6.18. The molecular formula is C52H34N2O. The summed E-state index contributed by atoms with van der Waals surface area (Å²) in [6.45, 7) is 2.36. The van der Waals surface area contributed by atoms with Gasteiger partial charge in [0.25, 0.3) is 0 Å². The van der Waals surface area contributed by atoms with E-state index in [2.05, 4.69) is 171 Å². The van der Waals surface area contributed by atoms with E-state index in [0.717, 1.165) is 66.5 Å². The van der Waals surface area contributed by atoms with E-state index < -0.39 is 0 Å². The van der Waals surface area contributed by atoms with Crippen molar-refractivity contribution in [1.82, 2.24) is 9.97 Å². The minimum absolute atomic E-state index is 0.309. The molecule has 2 heterocycles. The van der Waals surface area contributed by atoms with Crippen LogP contribution in [-0.4, -0.2) is 9.97 Å². The number of para-hydroxylation sites is 1. The van der Waals surface area contributed by atoms with Gasteiger partial charge in [0.05, 0.1) is 11.4 Å². The zero-order chi connectivity index (χ0) is 36.5. The predicted octanol–water partition coefficient (Wildman–Crippen LogP) is 13.5. The fourth-order valence-electron chi connectivity index (χ4n) is 8.93. The number of benzene rings is 8. The second-order valence-corrected chi connectivity index (χ2v) is 14.6. The molecule has 0 aliphatic heterocycles. The van der Waals surface area contributed by atoms with E-state index in [1.807, 2.05) is 24.3 Å². The first-order valence-corrected chi connectivity index (χ1v) is 18.8. The maximum Gasteiger partial charge on any atom is 0.160 e. The number of nitrogens with zero attached hydrogens (tertiary/aromatic N) is 2. The first-order chi connectivity index (χ1) is 27.1. The van der Waals surface area contributed by atoms with Gasteiger partial charge in [0.1, 0.15) is 11.2 Å². The lowest BCUT2D eigenvalue weighted by molar-refractivity contribution is 0.670. The number of fused-ring (bicyclic) bond motifs is 7. The second kappa shape index (κ2) is 12.2. The van der Waals surface area contributed by atoms with Crippen molar-refractivity contribution in [2.75, 3.05) is 0 Å². The van der Waals surface area contributed by atoms with Crippen molar-refractivity contribution in [1.29, 1.82) is 0 Å². The van der Waals surface area contributed by atoms with Crippen molar-refractivity contribution >= 4 is 32.7 Å². The van der Waals surface area contributed by atoms with Crippen molar-refractivity contribution in [3.05, 3.63) is 205 Å². The molecule has 8 aromatic carbocycles. The molecule has 3 nitrogen and oxygen atoms in total. The summed E-state index contributed by atoms with van der Waals surface area (Å²) in [5.74, 6) is 0.693. The van der Waals surface area contributed by atoms with E-state index in [-0.39, 0.29) is 5.41 Å². The fraction of sp³-hybridized carbons (Fsp3) is 0.0385. The quantitative estimate of drug-likeness (QED) is 0.179. The van der Waals surface area contributed by atoms with Crippen LogP contribution >= 0.6 is 0 Å². The van der Waals surface area contributed by atoms with Crippen LogP contribution in [0.1, 0.15) is 23.6 Å². The van der Waals surface area contributed by atoms with E-state index in [9.17, 15) is 0 Å². The summed E-state index contributed by atoms with van der Waals surface area (Å²) in [6, 6.07) is 66.8. The van der Waals surface area contributed by atoms with Gasteiger partial charge in [0, 0.05) is 38.4 Å². The number of aromatic nitrogens is 2. The van der Waals surface area contributed by atoms with Crippen molar-refractivity contribution < 1.29 is 4.42 Å². The van der Waals surface area contributed by atoms with Gasteiger partial charge in [-0.3, -0.25) is 0 Å². The Bertz CT molecular complexity index is 3110. The molecule has 1 atom stereocenters. The topological polar surface area (TPSA) is 38.9 Å². The van der Waals surface area contributed by atoms with Gasteiger partial charge in [-0.05, 0) is 75.3 Å². The van der Waals surface area contributed by atoms with Crippen molar-refractivity contribution in [3.63, 3.8) is 0 Å². The van der Waals surface area contributed by atoms with E-state index in [0.29, 0.717) is 5.82 Å². The zero-order valence-corrected chi connectivity index (χ0v) is 30.2. The highest BCUT2D eigenvalue weighted by Crippen LogP contribution is 2.55. The normalized spacial score (nSPS) is 14.7. The Morgan fingerprint density at radius 2 is 1.07 bits per heavy atom. The molecule has 11 rings (SSSR count). The third-order valence-electron chi connectivity index (χ3n) is 11.6. The summed E-state index contributed by atoms with van der Waals surface area (Å²) in [6.07, 6.45) is 0. The smallest absolute Gasteiger partial charge is 0.160 e. The lowest BCUT2D eigenvalue weighted by Gasteiger charge is -2.28. The molecule has 3 heteroatoms. The van der Waals surface area contributed by atoms with E-state index in [4.69, 9.17) is 14.4 Å². The van der Waals surface area contributed by atoms with Crippen LogP contribution in [0.25, 0.3) is 88.9 Å². The van der Waals surface area contributed by atoms with Gasteiger partial charge in [-0.15, -0.1) is 0 Å². The van der Waals surface area contributed by atoms with Crippen molar-refractivity contribution in [2.24, 2.45) is 0 Å². The summed E-state index contributed by atoms with van der Waals surface area (Å²) >= 11 is 0. The average molecular weight is 703 g/mol. The van der Waals surface area contributed by atoms with Crippen molar-refractivity contribution in [3.8, 4) is 56.2 Å². The monoisotopic (exact) mass is 702 g/mol. The lowest BCUT2D eigenvalue weighted by atomic mass is 9.74. The lowest BCUT2D eigenvalue weighted by Crippen LogP contribution is -2.22. The molecule has 1 unspecified atom stereocenters. The molecule has 0 radical (unpaired) electrons. The summed E-state index contributed by atoms with van der Waals surface area (Å²) in [7, 11) is 0. The molecule has 2 aromatic heterocycles. The summed E-state index contributed by atoms with van der Waals surface area (Å²) in [5, 5.41) is 4.57. The van der Waals surface area contributed by atoms with Gasteiger partial charge >= 0.3 is 0 Å². The van der Waals surface area contributed by atoms with Crippen LogP contribution in [0.5, 0.6) is 0 Å². The van der Waals surface area contributed by atoms with Crippen LogP contribution in [0.15, 0.2) is 192 Å². The van der Waals surface area contributed by atoms with E-state index >= 15 is 0 Å². The minimum atomic E-state index is -0.309. The van der Waals surface area contributed by atoms with Crippen LogP contribution in [-0.2, 0) is 5.41 Å². The Balaban J connectivity index is 1.14. The van der Waals surface area contributed by atoms with Crippen LogP contribution in [0.2, 0.25) is 0 Å². The molecular weight excluding hydrogens is 669 g/mol. The Labute approximate surface area is 319 Å². The van der Waals surface area contributed by atoms with Gasteiger partial charge in [-0.1, -0.05) is 164 Å². The molecule has 258 valence electrons. The Morgan fingerprint density at radius 1 is 0.436 bits per heavy atom. The molecule has 10 aromatic rings. The molecule has 0 fully saturated rings. The highest BCUT2D eigenvalue weighted by Gasteiger charge is 2.41. The average Bonchev–Trinajstić information content (AvgIpc) is 3.76. The number of rotatable bonds is 5. The molecule has 0 saturated heterocycles. The van der Waals surface area contributed by atoms with Crippen LogP contribution in [0.3, 0.4) is 0 Å². The highest BCUT2D eigenvalue weighted by atomic mass is 16.3. The Morgan fingerprint density at radius 3 is 1.95 bits per heavy atom. The fourth-order valence-corrected chi connectivity index (χ4v) is 8.93. The second-order valence-electron chi connectivity index (χ2n) is 14.6. The third-order valence-corrected chi connectivity index (χ3v) is 11.6. The van der Waals surface area contributed by atoms with Gasteiger partial charge in [0.15, 0.2) is 5.82 Å². The maximum atomic E-state index is 6.64. The standard InChI is InChI=1S/C52H34N2O/c1-52(37-21-6-3-7-22-37)43-27-12-10-25-40(43)49-41(26-15-28-44(49)52)46-32-45(53-51(54-46)33-16-4-2-5-17-33)35-19-14-20-36(30-35)48-38-23-9-8-18-34(38)31-42-39-24-11-13-29-47(39)55-50(42)48/h2-32H,1H3. The molecule has 0 amide bonds. The first kappa shape index (κ1) is 31.4. The van der Waals surface area contributed by atoms with E-state index in [1.54, 1.807) is 0 Å². The van der Waals surface area contributed by atoms with Crippen LogP contribution in [0.4, 0.5) is 0 Å². The molecule has 0 spiro atoms. The van der Waals surface area contributed by atoms with Gasteiger partial charge < -0.3 is 4.42 Å². The summed E-state index contributed by atoms with van der Waals surface area (Å²) in [5.41, 5.74) is 14.8. The first-order valence-electron chi connectivity index (χ1n) is 18.8. The largest absolute Gasteiger partial charge is 0.455 e. The van der Waals surface area contributed by atoms with Crippen LogP contribution in [0, 0.1) is 0 Å². The van der Waals surface area contributed by atoms with Gasteiger partial charge in [-0.25, -0.2) is 9.97 Å².